The summed E-state index contributed by atoms with van der Waals surface area (Å²) in [7, 11) is -8.33. The normalized spacial score (nSPS) is 19.6. The van der Waals surface area contributed by atoms with Crippen LogP contribution < -0.4 is 10.3 Å². The largest absolute Gasteiger partial charge is 0.276 e. The third-order valence-corrected chi connectivity index (χ3v) is 8.77. The van der Waals surface area contributed by atoms with E-state index < -0.39 is 43.1 Å². The number of nitrogens with one attached hydrogen (secondary N) is 2. The molecule has 3 aromatic carbocycles. The maximum atomic E-state index is 13.4. The quantitative estimate of drug-likeness (QED) is 0.348. The van der Waals surface area contributed by atoms with Crippen molar-refractivity contribution in [2.75, 3.05) is 6.54 Å². The van der Waals surface area contributed by atoms with Crippen molar-refractivity contribution in [3.8, 4) is 0 Å². The molecule has 0 spiro atoms. The molecule has 1 amide bonds. The van der Waals surface area contributed by atoms with Gasteiger partial charge in [0.25, 0.3) is 15.9 Å². The summed E-state index contributed by atoms with van der Waals surface area (Å²) >= 11 is 4.34. The standard InChI is InChI=1S/C21H20FN3O5S3/c22-16-6-3-7-18(11-16)32(27,28)24-23-21(26)20-12-17(31)13-25(20)33(29,30)19-9-8-14-4-1-2-5-15(14)10-19/h1-11,17,20,24,31H,12-13H2,(H,23,26)/t17-,20+/m1/s1. The summed E-state index contributed by atoms with van der Waals surface area (Å²) < 4.78 is 65.7. The number of thiol groups is 1. The topological polar surface area (TPSA) is 113 Å². The van der Waals surface area contributed by atoms with Gasteiger partial charge in [0.1, 0.15) is 11.9 Å². The molecule has 0 aromatic heterocycles. The van der Waals surface area contributed by atoms with Crippen LogP contribution in [0.5, 0.6) is 0 Å². The summed E-state index contributed by atoms with van der Waals surface area (Å²) in [5.41, 5.74) is 2.05. The van der Waals surface area contributed by atoms with Crippen LogP contribution in [0.1, 0.15) is 6.42 Å². The molecule has 4 rings (SSSR count). The molecular formula is C21H20FN3O5S3. The number of fused-ring (bicyclic) bond motifs is 1. The Morgan fingerprint density at radius 1 is 0.939 bits per heavy atom. The number of nitrogens with zero attached hydrogens (tertiary/aromatic N) is 1. The molecule has 0 radical (unpaired) electrons. The van der Waals surface area contributed by atoms with Crippen LogP contribution in [0.4, 0.5) is 4.39 Å². The highest BCUT2D eigenvalue weighted by molar-refractivity contribution is 7.89. The lowest BCUT2D eigenvalue weighted by Gasteiger charge is -2.23. The maximum Gasteiger partial charge on any atom is 0.257 e. The van der Waals surface area contributed by atoms with Gasteiger partial charge in [-0.1, -0.05) is 36.4 Å². The Morgan fingerprint density at radius 3 is 2.39 bits per heavy atom. The molecule has 1 saturated heterocycles. The average Bonchev–Trinajstić information content (AvgIpc) is 3.20. The van der Waals surface area contributed by atoms with Crippen LogP contribution in [0.2, 0.25) is 0 Å². The van der Waals surface area contributed by atoms with Gasteiger partial charge in [0.05, 0.1) is 9.79 Å². The van der Waals surface area contributed by atoms with Crippen molar-refractivity contribution < 1.29 is 26.0 Å². The van der Waals surface area contributed by atoms with E-state index in [1.165, 1.54) is 18.2 Å². The Morgan fingerprint density at radius 2 is 1.67 bits per heavy atom. The number of halogens is 1. The fourth-order valence-electron chi connectivity index (χ4n) is 3.65. The van der Waals surface area contributed by atoms with Gasteiger partial charge in [-0.05, 0) is 47.5 Å². The predicted octanol–water partition coefficient (Wildman–Crippen LogP) is 2.05. The number of hydrogen-bond donors (Lipinski definition) is 3. The van der Waals surface area contributed by atoms with Crippen LogP contribution in [0.25, 0.3) is 10.8 Å². The fourth-order valence-corrected chi connectivity index (χ4v) is 6.69. The Balaban J connectivity index is 1.56. The molecule has 3 aromatic rings. The molecule has 8 nitrogen and oxygen atoms in total. The summed E-state index contributed by atoms with van der Waals surface area (Å²) in [6.07, 6.45) is 0.0868. The number of amides is 1. The van der Waals surface area contributed by atoms with Gasteiger partial charge in [-0.3, -0.25) is 10.2 Å². The van der Waals surface area contributed by atoms with Gasteiger partial charge < -0.3 is 0 Å². The zero-order valence-corrected chi connectivity index (χ0v) is 19.6. The van der Waals surface area contributed by atoms with E-state index >= 15 is 0 Å². The van der Waals surface area contributed by atoms with Crippen LogP contribution in [0.15, 0.2) is 76.5 Å². The van der Waals surface area contributed by atoms with Crippen LogP contribution in [-0.4, -0.2) is 44.9 Å². The smallest absolute Gasteiger partial charge is 0.257 e. The lowest BCUT2D eigenvalue weighted by atomic mass is 10.1. The van der Waals surface area contributed by atoms with Crippen molar-refractivity contribution in [1.82, 2.24) is 14.6 Å². The molecule has 33 heavy (non-hydrogen) atoms. The molecule has 1 aliphatic rings. The lowest BCUT2D eigenvalue weighted by molar-refractivity contribution is -0.124. The van der Waals surface area contributed by atoms with Crippen LogP contribution in [-0.2, 0) is 24.8 Å². The molecular weight excluding hydrogens is 489 g/mol. The van der Waals surface area contributed by atoms with E-state index in [4.69, 9.17) is 0 Å². The Hall–Kier alpha value is -2.51. The number of sulfonamides is 2. The monoisotopic (exact) mass is 509 g/mol. The molecule has 0 saturated carbocycles. The Kier molecular flexibility index (Phi) is 6.47. The fraction of sp³-hybridized carbons (Fsp3) is 0.190. The minimum absolute atomic E-state index is 0.0155. The predicted molar refractivity (Wildman–Crippen MR) is 124 cm³/mol. The zero-order chi connectivity index (χ0) is 23.8. The van der Waals surface area contributed by atoms with Crippen molar-refractivity contribution in [2.45, 2.75) is 27.5 Å². The number of benzene rings is 3. The van der Waals surface area contributed by atoms with Gasteiger partial charge in [0, 0.05) is 11.8 Å². The van der Waals surface area contributed by atoms with Crippen molar-refractivity contribution in [2.24, 2.45) is 0 Å². The Labute approximate surface area is 196 Å². The maximum absolute atomic E-state index is 13.4. The number of hydrazine groups is 1. The average molecular weight is 510 g/mol. The minimum atomic E-state index is -4.26. The highest BCUT2D eigenvalue weighted by Crippen LogP contribution is 2.30. The molecule has 174 valence electrons. The Bertz CT molecular complexity index is 1430. The van der Waals surface area contributed by atoms with Gasteiger partial charge in [-0.2, -0.15) is 16.9 Å². The molecule has 2 atom stereocenters. The third kappa shape index (κ3) is 4.89. The number of carbonyl (C=O) groups is 1. The highest BCUT2D eigenvalue weighted by atomic mass is 32.2. The van der Waals surface area contributed by atoms with Crippen molar-refractivity contribution >= 4 is 49.4 Å². The SMILES string of the molecule is O=C(NNS(=O)(=O)c1cccc(F)c1)[C@@H]1C[C@@H](S)CN1S(=O)(=O)c1ccc2ccccc2c1. The summed E-state index contributed by atoms with van der Waals surface area (Å²) in [6.45, 7) is -0.0208. The van der Waals surface area contributed by atoms with E-state index in [9.17, 15) is 26.0 Å². The summed E-state index contributed by atoms with van der Waals surface area (Å²) in [5.74, 6) is -1.62. The van der Waals surface area contributed by atoms with E-state index in [1.807, 2.05) is 22.4 Å². The first-order valence-electron chi connectivity index (χ1n) is 9.84. The number of carbonyl (C=O) groups excluding carboxylic acids is 1. The van der Waals surface area contributed by atoms with Crippen LogP contribution in [0.3, 0.4) is 0 Å². The second kappa shape index (κ2) is 9.03. The summed E-state index contributed by atoms with van der Waals surface area (Å²) in [6, 6.07) is 15.0. The summed E-state index contributed by atoms with van der Waals surface area (Å²) in [4.78, 5) is 14.3. The molecule has 1 fully saturated rings. The van der Waals surface area contributed by atoms with Crippen molar-refractivity contribution in [3.63, 3.8) is 0 Å². The third-order valence-electron chi connectivity index (χ3n) is 5.28. The van der Waals surface area contributed by atoms with E-state index in [1.54, 1.807) is 18.2 Å². The van der Waals surface area contributed by atoms with E-state index in [2.05, 4.69) is 12.6 Å². The van der Waals surface area contributed by atoms with Gasteiger partial charge in [-0.15, -0.1) is 4.83 Å². The molecule has 2 N–H and O–H groups in total. The zero-order valence-electron chi connectivity index (χ0n) is 17.0. The molecule has 1 aliphatic heterocycles. The van der Waals surface area contributed by atoms with Crippen molar-refractivity contribution in [1.29, 1.82) is 0 Å². The van der Waals surface area contributed by atoms with E-state index in [-0.39, 0.29) is 22.8 Å². The van der Waals surface area contributed by atoms with Crippen molar-refractivity contribution in [3.05, 3.63) is 72.5 Å². The molecule has 0 unspecified atom stereocenters. The minimum Gasteiger partial charge on any atom is -0.276 e. The number of rotatable bonds is 6. The second-order valence-corrected chi connectivity index (χ2v) is 11.8. The molecule has 12 heteroatoms. The molecule has 0 bridgehead atoms. The van der Waals surface area contributed by atoms with Gasteiger partial charge in [0.15, 0.2) is 0 Å². The first kappa shape index (κ1) is 23.6. The van der Waals surface area contributed by atoms with Gasteiger partial charge >= 0.3 is 0 Å². The molecule has 0 aliphatic carbocycles. The highest BCUT2D eigenvalue weighted by Gasteiger charge is 2.43. The first-order chi connectivity index (χ1) is 15.6. The first-order valence-corrected chi connectivity index (χ1v) is 13.3. The van der Waals surface area contributed by atoms with Crippen LogP contribution >= 0.6 is 12.6 Å². The second-order valence-electron chi connectivity index (χ2n) is 7.54. The lowest BCUT2D eigenvalue weighted by Crippen LogP contribution is -2.51. The van der Waals surface area contributed by atoms with E-state index in [0.717, 1.165) is 33.3 Å². The van der Waals surface area contributed by atoms with Gasteiger partial charge in [0.2, 0.25) is 10.0 Å². The molecule has 1 heterocycles. The number of hydrogen-bond acceptors (Lipinski definition) is 6. The summed E-state index contributed by atoms with van der Waals surface area (Å²) in [5, 5.41) is 1.17. The van der Waals surface area contributed by atoms with E-state index in [0.29, 0.717) is 0 Å². The van der Waals surface area contributed by atoms with Crippen LogP contribution in [0, 0.1) is 5.82 Å². The van der Waals surface area contributed by atoms with Gasteiger partial charge in [-0.25, -0.2) is 21.2 Å².